The van der Waals surface area contributed by atoms with Gasteiger partial charge < -0.3 is 10.2 Å². The van der Waals surface area contributed by atoms with Gasteiger partial charge in [0.15, 0.2) is 0 Å². The molecule has 9 heteroatoms. The molecule has 2 heterocycles. The lowest BCUT2D eigenvalue weighted by Gasteiger charge is -2.34. The highest BCUT2D eigenvalue weighted by Crippen LogP contribution is 2.21. The molecular formula is C13H16F4N4O. The SMILES string of the molecule is CC(=O)N1CCN(CCNc2c(F)c(F)nc(F)c2F)CC1. The van der Waals surface area contributed by atoms with Crippen molar-refractivity contribution in [1.82, 2.24) is 14.8 Å². The van der Waals surface area contributed by atoms with Gasteiger partial charge in [-0.3, -0.25) is 9.69 Å². The monoisotopic (exact) mass is 320 g/mol. The fourth-order valence-electron chi connectivity index (χ4n) is 2.27. The second kappa shape index (κ2) is 6.91. The molecule has 1 N–H and O–H groups in total. The summed E-state index contributed by atoms with van der Waals surface area (Å²) in [7, 11) is 0. The molecule has 122 valence electrons. The molecule has 0 spiro atoms. The maximum absolute atomic E-state index is 13.4. The Balaban J connectivity index is 1.86. The van der Waals surface area contributed by atoms with Crippen LogP contribution >= 0.6 is 0 Å². The number of piperazine rings is 1. The minimum Gasteiger partial charge on any atom is -0.379 e. The lowest BCUT2D eigenvalue weighted by atomic mass is 10.3. The van der Waals surface area contributed by atoms with Crippen molar-refractivity contribution in [2.24, 2.45) is 0 Å². The maximum atomic E-state index is 13.4. The molecule has 1 amide bonds. The van der Waals surface area contributed by atoms with Gasteiger partial charge in [0.1, 0.15) is 5.69 Å². The molecule has 0 radical (unpaired) electrons. The van der Waals surface area contributed by atoms with Crippen molar-refractivity contribution in [1.29, 1.82) is 0 Å². The topological polar surface area (TPSA) is 48.5 Å². The van der Waals surface area contributed by atoms with Crippen LogP contribution in [0.15, 0.2) is 0 Å². The number of nitrogens with zero attached hydrogens (tertiary/aromatic N) is 3. The third kappa shape index (κ3) is 3.65. The maximum Gasteiger partial charge on any atom is 0.253 e. The largest absolute Gasteiger partial charge is 0.379 e. The van der Waals surface area contributed by atoms with Crippen LogP contribution in [0.2, 0.25) is 0 Å². The Morgan fingerprint density at radius 1 is 1.09 bits per heavy atom. The molecule has 1 aromatic rings. The number of hydrogen-bond donors (Lipinski definition) is 1. The van der Waals surface area contributed by atoms with Crippen molar-refractivity contribution >= 4 is 11.6 Å². The molecule has 0 aromatic carbocycles. The number of aromatic nitrogens is 1. The summed E-state index contributed by atoms with van der Waals surface area (Å²) >= 11 is 0. The van der Waals surface area contributed by atoms with Crippen LogP contribution in [-0.2, 0) is 4.79 Å². The molecule has 0 saturated carbocycles. The average Bonchev–Trinajstić information content (AvgIpc) is 2.49. The van der Waals surface area contributed by atoms with Crippen LogP contribution in [0.4, 0.5) is 23.2 Å². The van der Waals surface area contributed by atoms with Crippen LogP contribution in [0, 0.1) is 23.5 Å². The smallest absolute Gasteiger partial charge is 0.253 e. The summed E-state index contributed by atoms with van der Waals surface area (Å²) in [5.41, 5.74) is -0.854. The van der Waals surface area contributed by atoms with Crippen molar-refractivity contribution in [3.63, 3.8) is 0 Å². The van der Waals surface area contributed by atoms with Crippen molar-refractivity contribution in [2.45, 2.75) is 6.92 Å². The van der Waals surface area contributed by atoms with Gasteiger partial charge in [-0.1, -0.05) is 0 Å². The zero-order valence-electron chi connectivity index (χ0n) is 12.0. The van der Waals surface area contributed by atoms with Crippen LogP contribution < -0.4 is 5.32 Å². The number of nitrogens with one attached hydrogen (secondary N) is 1. The van der Waals surface area contributed by atoms with E-state index in [0.29, 0.717) is 32.7 Å². The Hall–Kier alpha value is -1.90. The Kier molecular flexibility index (Phi) is 5.17. The standard InChI is InChI=1S/C13H16F4N4O/c1-8(22)21-6-4-20(5-7-21)3-2-18-11-9(14)12(16)19-13(17)10(11)15/h2-7H2,1H3,(H,18,19). The predicted molar refractivity (Wildman–Crippen MR) is 71.3 cm³/mol. The molecule has 1 fully saturated rings. The van der Waals surface area contributed by atoms with E-state index in [1.54, 1.807) is 4.90 Å². The van der Waals surface area contributed by atoms with E-state index >= 15 is 0 Å². The summed E-state index contributed by atoms with van der Waals surface area (Å²) in [6, 6.07) is 0. The molecule has 5 nitrogen and oxygen atoms in total. The van der Waals surface area contributed by atoms with E-state index in [0.717, 1.165) is 0 Å². The fraction of sp³-hybridized carbons (Fsp3) is 0.538. The summed E-state index contributed by atoms with van der Waals surface area (Å²) in [6.45, 7) is 4.45. The minimum absolute atomic E-state index is 0.00431. The Morgan fingerprint density at radius 2 is 1.64 bits per heavy atom. The lowest BCUT2D eigenvalue weighted by molar-refractivity contribution is -0.130. The molecule has 0 unspecified atom stereocenters. The molecule has 22 heavy (non-hydrogen) atoms. The number of anilines is 1. The zero-order valence-corrected chi connectivity index (χ0v) is 12.0. The van der Waals surface area contributed by atoms with E-state index in [4.69, 9.17) is 0 Å². The van der Waals surface area contributed by atoms with Crippen LogP contribution in [0.5, 0.6) is 0 Å². The number of halogens is 4. The highest BCUT2D eigenvalue weighted by atomic mass is 19.2. The highest BCUT2D eigenvalue weighted by molar-refractivity contribution is 5.73. The molecule has 1 aliphatic heterocycles. The van der Waals surface area contributed by atoms with Crippen LogP contribution in [-0.4, -0.2) is 60.0 Å². The molecule has 0 aliphatic carbocycles. The van der Waals surface area contributed by atoms with E-state index in [2.05, 4.69) is 10.3 Å². The third-order valence-corrected chi connectivity index (χ3v) is 3.54. The summed E-state index contributed by atoms with van der Waals surface area (Å²) in [6.07, 6.45) is 0. The van der Waals surface area contributed by atoms with Crippen LogP contribution in [0.1, 0.15) is 6.92 Å². The van der Waals surface area contributed by atoms with E-state index < -0.39 is 29.2 Å². The molecule has 0 bridgehead atoms. The van der Waals surface area contributed by atoms with E-state index in [9.17, 15) is 22.4 Å². The fourth-order valence-corrected chi connectivity index (χ4v) is 2.27. The van der Waals surface area contributed by atoms with Crippen molar-refractivity contribution in [3.05, 3.63) is 23.5 Å². The van der Waals surface area contributed by atoms with Gasteiger partial charge in [0.2, 0.25) is 17.5 Å². The number of pyridine rings is 1. The molecular weight excluding hydrogens is 304 g/mol. The average molecular weight is 320 g/mol. The lowest BCUT2D eigenvalue weighted by Crippen LogP contribution is -2.49. The van der Waals surface area contributed by atoms with Crippen molar-refractivity contribution in [2.75, 3.05) is 44.6 Å². The van der Waals surface area contributed by atoms with Gasteiger partial charge >= 0.3 is 0 Å². The number of hydrogen-bond acceptors (Lipinski definition) is 4. The summed E-state index contributed by atoms with van der Waals surface area (Å²) in [5, 5.41) is 2.35. The normalized spacial score (nSPS) is 16.0. The van der Waals surface area contributed by atoms with Gasteiger partial charge in [0, 0.05) is 46.2 Å². The number of carbonyl (C=O) groups is 1. The summed E-state index contributed by atoms with van der Waals surface area (Å²) in [4.78, 5) is 17.4. The number of carbonyl (C=O) groups excluding carboxylic acids is 1. The first-order chi connectivity index (χ1) is 10.4. The van der Waals surface area contributed by atoms with Gasteiger partial charge in [-0.15, -0.1) is 0 Å². The first kappa shape index (κ1) is 16.5. The molecule has 2 rings (SSSR count). The number of rotatable bonds is 4. The number of amides is 1. The molecule has 1 aliphatic rings. The Bertz CT molecular complexity index is 535. The minimum atomic E-state index is -1.68. The summed E-state index contributed by atoms with van der Waals surface area (Å²) < 4.78 is 52.6. The van der Waals surface area contributed by atoms with E-state index in [-0.39, 0.29) is 12.5 Å². The third-order valence-electron chi connectivity index (χ3n) is 3.54. The zero-order chi connectivity index (χ0) is 16.3. The molecule has 0 atom stereocenters. The second-order valence-electron chi connectivity index (χ2n) is 4.97. The Morgan fingerprint density at radius 3 is 2.14 bits per heavy atom. The van der Waals surface area contributed by atoms with Crippen molar-refractivity contribution < 1.29 is 22.4 Å². The van der Waals surface area contributed by atoms with Crippen LogP contribution in [0.3, 0.4) is 0 Å². The highest BCUT2D eigenvalue weighted by Gasteiger charge is 2.21. The predicted octanol–water partition coefficient (Wildman–Crippen LogP) is 1.21. The first-order valence-electron chi connectivity index (χ1n) is 6.82. The van der Waals surface area contributed by atoms with Gasteiger partial charge in [-0.25, -0.2) is 0 Å². The van der Waals surface area contributed by atoms with Crippen LogP contribution in [0.25, 0.3) is 0 Å². The van der Waals surface area contributed by atoms with Crippen molar-refractivity contribution in [3.8, 4) is 0 Å². The van der Waals surface area contributed by atoms with E-state index in [1.165, 1.54) is 6.92 Å². The molecule has 1 saturated heterocycles. The Labute approximate surface area is 124 Å². The molecule has 1 aromatic heterocycles. The van der Waals surface area contributed by atoms with E-state index in [1.807, 2.05) is 4.90 Å². The van der Waals surface area contributed by atoms with Gasteiger partial charge in [-0.2, -0.15) is 22.5 Å². The van der Waals surface area contributed by atoms with Gasteiger partial charge in [0.25, 0.3) is 11.9 Å². The second-order valence-corrected chi connectivity index (χ2v) is 4.97. The van der Waals surface area contributed by atoms with Gasteiger partial charge in [-0.05, 0) is 0 Å². The summed E-state index contributed by atoms with van der Waals surface area (Å²) in [5.74, 6) is -6.45. The quantitative estimate of drug-likeness (QED) is 0.669. The first-order valence-corrected chi connectivity index (χ1v) is 6.82. The van der Waals surface area contributed by atoms with Gasteiger partial charge in [0.05, 0.1) is 0 Å².